The monoisotopic (exact) mass is 307 g/mol. The predicted molar refractivity (Wildman–Crippen MR) is 77.8 cm³/mol. The minimum absolute atomic E-state index is 0.0104. The van der Waals surface area contributed by atoms with Crippen LogP contribution in [0.1, 0.15) is 25.2 Å². The highest BCUT2D eigenvalue weighted by atomic mass is 19.1. The van der Waals surface area contributed by atoms with E-state index in [2.05, 4.69) is 5.32 Å². The molecule has 0 spiro atoms. The van der Waals surface area contributed by atoms with E-state index in [-0.39, 0.29) is 12.3 Å². The second-order valence-corrected chi connectivity index (χ2v) is 4.72. The number of carbonyl (C=O) groups excluding carboxylic acids is 1. The fourth-order valence-corrected chi connectivity index (χ4v) is 1.91. The number of aliphatic hydroxyl groups is 1. The Morgan fingerprint density at radius 3 is 2.77 bits per heavy atom. The molecule has 0 radical (unpaired) electrons. The van der Waals surface area contributed by atoms with Gasteiger partial charge in [0.05, 0.1) is 12.8 Å². The summed E-state index contributed by atoms with van der Waals surface area (Å²) in [6.45, 7) is 1.75. The van der Waals surface area contributed by atoms with Gasteiger partial charge in [-0.15, -0.1) is 0 Å². The molecule has 0 saturated heterocycles. The molecular formula is C16H18FNO4. The Balaban J connectivity index is 1.90. The van der Waals surface area contributed by atoms with Crippen LogP contribution in [0.25, 0.3) is 0 Å². The van der Waals surface area contributed by atoms with Gasteiger partial charge >= 0.3 is 0 Å². The number of benzene rings is 1. The lowest BCUT2D eigenvalue weighted by molar-refractivity contribution is -0.128. The maximum absolute atomic E-state index is 13.5. The Labute approximate surface area is 127 Å². The summed E-state index contributed by atoms with van der Waals surface area (Å²) in [7, 11) is 0. The molecule has 0 aliphatic carbocycles. The van der Waals surface area contributed by atoms with E-state index >= 15 is 0 Å². The van der Waals surface area contributed by atoms with Crippen molar-refractivity contribution in [2.24, 2.45) is 0 Å². The Bertz CT molecular complexity index is 600. The van der Waals surface area contributed by atoms with Crippen LogP contribution in [0.3, 0.4) is 0 Å². The number of carbonyl (C=O) groups is 1. The SMILES string of the molecule is CCC(Oc1ccccc1F)C(=O)NCC(O)c1ccco1. The molecule has 0 bridgehead atoms. The molecule has 1 amide bonds. The van der Waals surface area contributed by atoms with Crippen molar-refractivity contribution in [3.05, 3.63) is 54.2 Å². The van der Waals surface area contributed by atoms with Crippen LogP contribution in [-0.4, -0.2) is 23.7 Å². The summed E-state index contributed by atoms with van der Waals surface area (Å²) in [4.78, 5) is 12.1. The highest BCUT2D eigenvalue weighted by Crippen LogP contribution is 2.18. The van der Waals surface area contributed by atoms with Crippen molar-refractivity contribution in [3.8, 4) is 5.75 Å². The smallest absolute Gasteiger partial charge is 0.261 e. The summed E-state index contributed by atoms with van der Waals surface area (Å²) in [5, 5.41) is 12.4. The minimum atomic E-state index is -0.940. The van der Waals surface area contributed by atoms with Crippen LogP contribution in [0.15, 0.2) is 47.1 Å². The van der Waals surface area contributed by atoms with Crippen molar-refractivity contribution in [1.82, 2.24) is 5.32 Å². The van der Waals surface area contributed by atoms with Crippen LogP contribution in [0.2, 0.25) is 0 Å². The number of ether oxygens (including phenoxy) is 1. The van der Waals surface area contributed by atoms with E-state index in [0.29, 0.717) is 12.2 Å². The number of aliphatic hydroxyl groups excluding tert-OH is 1. The second kappa shape index (κ2) is 7.61. The fourth-order valence-electron chi connectivity index (χ4n) is 1.91. The Morgan fingerprint density at radius 2 is 2.14 bits per heavy atom. The summed E-state index contributed by atoms with van der Waals surface area (Å²) >= 11 is 0. The van der Waals surface area contributed by atoms with Gasteiger partial charge in [-0.2, -0.15) is 0 Å². The van der Waals surface area contributed by atoms with E-state index in [9.17, 15) is 14.3 Å². The molecule has 2 atom stereocenters. The van der Waals surface area contributed by atoms with Gasteiger partial charge in [0.2, 0.25) is 0 Å². The maximum Gasteiger partial charge on any atom is 0.261 e. The van der Waals surface area contributed by atoms with E-state index in [0.717, 1.165) is 0 Å². The first-order valence-corrected chi connectivity index (χ1v) is 7.02. The minimum Gasteiger partial charge on any atom is -0.478 e. The first-order chi connectivity index (χ1) is 10.6. The van der Waals surface area contributed by atoms with Crippen LogP contribution in [0.5, 0.6) is 5.75 Å². The van der Waals surface area contributed by atoms with Crippen molar-refractivity contribution in [2.75, 3.05) is 6.54 Å². The summed E-state index contributed by atoms with van der Waals surface area (Å²) in [5.41, 5.74) is 0. The molecule has 22 heavy (non-hydrogen) atoms. The molecule has 1 aromatic heterocycles. The lowest BCUT2D eigenvalue weighted by Crippen LogP contribution is -2.40. The number of furan rings is 1. The molecule has 1 heterocycles. The number of rotatable bonds is 7. The van der Waals surface area contributed by atoms with Crippen molar-refractivity contribution in [1.29, 1.82) is 0 Å². The normalized spacial score (nSPS) is 13.4. The third-order valence-electron chi connectivity index (χ3n) is 3.11. The first kappa shape index (κ1) is 16.0. The second-order valence-electron chi connectivity index (χ2n) is 4.72. The topological polar surface area (TPSA) is 71.7 Å². The van der Waals surface area contributed by atoms with Crippen molar-refractivity contribution in [2.45, 2.75) is 25.6 Å². The molecule has 0 fully saturated rings. The van der Waals surface area contributed by atoms with Gasteiger partial charge in [-0.3, -0.25) is 4.79 Å². The number of para-hydroxylation sites is 1. The highest BCUT2D eigenvalue weighted by molar-refractivity contribution is 5.81. The van der Waals surface area contributed by atoms with E-state index in [1.165, 1.54) is 18.4 Å². The van der Waals surface area contributed by atoms with Gasteiger partial charge in [-0.05, 0) is 30.7 Å². The zero-order valence-electron chi connectivity index (χ0n) is 12.2. The van der Waals surface area contributed by atoms with Crippen LogP contribution >= 0.6 is 0 Å². The third kappa shape index (κ3) is 4.08. The van der Waals surface area contributed by atoms with Gasteiger partial charge in [0.25, 0.3) is 5.91 Å². The number of nitrogens with one attached hydrogen (secondary N) is 1. The molecule has 5 nitrogen and oxygen atoms in total. The van der Waals surface area contributed by atoms with Crippen LogP contribution < -0.4 is 10.1 Å². The molecular weight excluding hydrogens is 289 g/mol. The van der Waals surface area contributed by atoms with E-state index in [4.69, 9.17) is 9.15 Å². The lowest BCUT2D eigenvalue weighted by Gasteiger charge is -2.18. The first-order valence-electron chi connectivity index (χ1n) is 7.02. The van der Waals surface area contributed by atoms with Gasteiger partial charge in [-0.25, -0.2) is 4.39 Å². The van der Waals surface area contributed by atoms with Crippen LogP contribution in [0.4, 0.5) is 4.39 Å². The van der Waals surface area contributed by atoms with Gasteiger partial charge < -0.3 is 19.6 Å². The van der Waals surface area contributed by atoms with Gasteiger partial charge in [0.1, 0.15) is 11.9 Å². The third-order valence-corrected chi connectivity index (χ3v) is 3.11. The van der Waals surface area contributed by atoms with Crippen LogP contribution in [-0.2, 0) is 4.79 Å². The maximum atomic E-state index is 13.5. The zero-order chi connectivity index (χ0) is 15.9. The van der Waals surface area contributed by atoms with E-state index in [1.807, 2.05) is 0 Å². The Kier molecular flexibility index (Phi) is 5.55. The quantitative estimate of drug-likeness (QED) is 0.824. The van der Waals surface area contributed by atoms with Gasteiger partial charge in [0, 0.05) is 0 Å². The molecule has 118 valence electrons. The fraction of sp³-hybridized carbons (Fsp3) is 0.312. The zero-order valence-corrected chi connectivity index (χ0v) is 12.2. The molecule has 2 unspecified atom stereocenters. The van der Waals surface area contributed by atoms with Crippen molar-refractivity contribution in [3.63, 3.8) is 0 Å². The number of amides is 1. The number of hydrogen-bond donors (Lipinski definition) is 2. The molecule has 0 saturated carbocycles. The molecule has 2 N–H and O–H groups in total. The molecule has 6 heteroatoms. The summed E-state index contributed by atoms with van der Waals surface area (Å²) < 4.78 is 24.0. The molecule has 2 aromatic rings. The molecule has 1 aromatic carbocycles. The Hall–Kier alpha value is -2.34. The predicted octanol–water partition coefficient (Wildman–Crippen LogP) is 2.43. The number of halogens is 1. The molecule has 0 aliphatic rings. The molecule has 0 aliphatic heterocycles. The summed E-state index contributed by atoms with van der Waals surface area (Å²) in [6.07, 6.45) is 0.0404. The lowest BCUT2D eigenvalue weighted by atomic mass is 10.2. The average Bonchev–Trinajstić information content (AvgIpc) is 3.06. The average molecular weight is 307 g/mol. The van der Waals surface area contributed by atoms with Gasteiger partial charge in [-0.1, -0.05) is 19.1 Å². The standard InChI is InChI=1S/C16H18FNO4/c1-2-13(22-14-7-4-3-6-11(14)17)16(20)18-10-12(19)15-8-5-9-21-15/h3-9,12-13,19H,2,10H2,1H3,(H,18,20). The van der Waals surface area contributed by atoms with Crippen LogP contribution in [0, 0.1) is 5.82 Å². The summed E-state index contributed by atoms with van der Waals surface area (Å²) in [5.74, 6) is -0.555. The van der Waals surface area contributed by atoms with Crippen molar-refractivity contribution < 1.29 is 23.4 Å². The molecule has 2 rings (SSSR count). The summed E-state index contributed by atoms with van der Waals surface area (Å²) in [6, 6.07) is 9.16. The number of hydrogen-bond acceptors (Lipinski definition) is 4. The largest absolute Gasteiger partial charge is 0.478 e. The Morgan fingerprint density at radius 1 is 1.36 bits per heavy atom. The van der Waals surface area contributed by atoms with Gasteiger partial charge in [0.15, 0.2) is 17.7 Å². The van der Waals surface area contributed by atoms with Crippen molar-refractivity contribution >= 4 is 5.91 Å². The van der Waals surface area contributed by atoms with E-state index < -0.39 is 23.9 Å². The van der Waals surface area contributed by atoms with E-state index in [1.54, 1.807) is 31.2 Å². The highest BCUT2D eigenvalue weighted by Gasteiger charge is 2.21.